The molecule has 178 valence electrons. The molecule has 2 N–H and O–H groups in total. The summed E-state index contributed by atoms with van der Waals surface area (Å²) in [5.41, 5.74) is 0.682. The van der Waals surface area contributed by atoms with Gasteiger partial charge in [-0.1, -0.05) is 13.0 Å². The van der Waals surface area contributed by atoms with Crippen LogP contribution in [0.1, 0.15) is 23.7 Å². The van der Waals surface area contributed by atoms with E-state index in [0.717, 1.165) is 11.1 Å². The van der Waals surface area contributed by atoms with Crippen LogP contribution >= 0.6 is 0 Å². The van der Waals surface area contributed by atoms with E-state index in [0.29, 0.717) is 29.2 Å². The Morgan fingerprint density at radius 1 is 1.00 bits per heavy atom. The van der Waals surface area contributed by atoms with Crippen molar-refractivity contribution >= 4 is 17.3 Å². The van der Waals surface area contributed by atoms with E-state index in [1.165, 1.54) is 54.7 Å². The zero-order chi connectivity index (χ0) is 24.8. The summed E-state index contributed by atoms with van der Waals surface area (Å²) in [5, 5.41) is 9.98. The summed E-state index contributed by atoms with van der Waals surface area (Å²) in [4.78, 5) is 25.8. The molecule has 0 aliphatic carbocycles. The van der Waals surface area contributed by atoms with E-state index in [1.807, 2.05) is 6.92 Å². The van der Waals surface area contributed by atoms with E-state index in [-0.39, 0.29) is 17.3 Å². The highest BCUT2D eigenvalue weighted by atomic mass is 19.1. The van der Waals surface area contributed by atoms with Crippen LogP contribution in [0.2, 0.25) is 0 Å². The van der Waals surface area contributed by atoms with Gasteiger partial charge < -0.3 is 15.4 Å². The van der Waals surface area contributed by atoms with Crippen LogP contribution in [-0.4, -0.2) is 22.2 Å². The number of aromatic nitrogens is 2. The first-order valence-corrected chi connectivity index (χ1v) is 10.9. The van der Waals surface area contributed by atoms with Crippen LogP contribution in [0.3, 0.4) is 0 Å². The average molecular weight is 476 g/mol. The number of carbonyl (C=O) groups is 1. The Bertz CT molecular complexity index is 1390. The van der Waals surface area contributed by atoms with E-state index in [9.17, 15) is 18.4 Å². The van der Waals surface area contributed by atoms with Crippen molar-refractivity contribution in [3.8, 4) is 17.2 Å². The van der Waals surface area contributed by atoms with Gasteiger partial charge >= 0.3 is 0 Å². The molecule has 35 heavy (non-hydrogen) atoms. The number of anilines is 2. The summed E-state index contributed by atoms with van der Waals surface area (Å²) < 4.78 is 33.6. The number of hydrogen-bond acceptors (Lipinski definition) is 5. The minimum atomic E-state index is -0.572. The molecule has 0 saturated carbocycles. The second-order valence-electron chi connectivity index (χ2n) is 7.59. The van der Waals surface area contributed by atoms with Gasteiger partial charge in [-0.2, -0.15) is 9.78 Å². The number of nitrogens with zero attached hydrogens (tertiary/aromatic N) is 2. The predicted molar refractivity (Wildman–Crippen MR) is 129 cm³/mol. The van der Waals surface area contributed by atoms with Gasteiger partial charge in [0.2, 0.25) is 0 Å². The maximum Gasteiger partial charge on any atom is 0.299 e. The van der Waals surface area contributed by atoms with Gasteiger partial charge in [-0.05, 0) is 73.2 Å². The second-order valence-corrected chi connectivity index (χ2v) is 7.59. The monoisotopic (exact) mass is 476 g/mol. The number of ether oxygens (including phenoxy) is 1. The van der Waals surface area contributed by atoms with Gasteiger partial charge in [0.05, 0.1) is 11.9 Å². The summed E-state index contributed by atoms with van der Waals surface area (Å²) in [7, 11) is 0. The van der Waals surface area contributed by atoms with E-state index in [1.54, 1.807) is 24.3 Å². The molecule has 7 nitrogen and oxygen atoms in total. The molecule has 9 heteroatoms. The number of nitrogens with one attached hydrogen (secondary N) is 2. The number of amides is 1. The summed E-state index contributed by atoms with van der Waals surface area (Å²) in [6.07, 6.45) is 2.13. The van der Waals surface area contributed by atoms with Gasteiger partial charge in [-0.25, -0.2) is 8.78 Å². The molecule has 0 spiro atoms. The molecule has 0 saturated heterocycles. The van der Waals surface area contributed by atoms with Crippen molar-refractivity contribution in [2.45, 2.75) is 13.3 Å². The highest BCUT2D eigenvalue weighted by Crippen LogP contribution is 2.29. The highest BCUT2D eigenvalue weighted by molar-refractivity contribution is 5.95. The largest absolute Gasteiger partial charge is 0.453 e. The van der Waals surface area contributed by atoms with Crippen molar-refractivity contribution in [2.24, 2.45) is 0 Å². The van der Waals surface area contributed by atoms with Crippen LogP contribution in [0, 0.1) is 11.6 Å². The lowest BCUT2D eigenvalue weighted by Gasteiger charge is -2.15. The molecule has 3 aromatic carbocycles. The van der Waals surface area contributed by atoms with Crippen LogP contribution in [0.4, 0.5) is 20.2 Å². The van der Waals surface area contributed by atoms with Crippen LogP contribution in [0.5, 0.6) is 11.5 Å². The zero-order valence-corrected chi connectivity index (χ0v) is 18.8. The molecule has 4 aromatic rings. The SMILES string of the molecule is CCCNC(=O)c1cccc(Nc2c(Oc3ccc(F)cc3)cnn(-c3ccc(F)cc3)c2=O)c1. The third kappa shape index (κ3) is 5.70. The Morgan fingerprint density at radius 2 is 1.69 bits per heavy atom. The minimum absolute atomic E-state index is 0.0276. The molecule has 1 aromatic heterocycles. The van der Waals surface area contributed by atoms with Crippen LogP contribution in [0.25, 0.3) is 5.69 Å². The van der Waals surface area contributed by atoms with Crippen molar-refractivity contribution in [3.63, 3.8) is 0 Å². The van der Waals surface area contributed by atoms with E-state index >= 15 is 0 Å². The van der Waals surface area contributed by atoms with Crippen molar-refractivity contribution < 1.29 is 18.3 Å². The Morgan fingerprint density at radius 3 is 2.37 bits per heavy atom. The third-order valence-electron chi connectivity index (χ3n) is 4.99. The van der Waals surface area contributed by atoms with Crippen molar-refractivity contribution in [3.05, 3.63) is 107 Å². The summed E-state index contributed by atoms with van der Waals surface area (Å²) >= 11 is 0. The van der Waals surface area contributed by atoms with Gasteiger partial charge in [0, 0.05) is 17.8 Å². The average Bonchev–Trinajstić information content (AvgIpc) is 2.87. The lowest BCUT2D eigenvalue weighted by Crippen LogP contribution is -2.25. The van der Waals surface area contributed by atoms with Gasteiger partial charge in [-0.3, -0.25) is 9.59 Å². The number of halogens is 2. The highest BCUT2D eigenvalue weighted by Gasteiger charge is 2.16. The lowest BCUT2D eigenvalue weighted by molar-refractivity contribution is 0.0953. The minimum Gasteiger partial charge on any atom is -0.453 e. The van der Waals surface area contributed by atoms with Crippen molar-refractivity contribution in [1.82, 2.24) is 15.1 Å². The molecular weight excluding hydrogens is 454 g/mol. The van der Waals surface area contributed by atoms with Crippen LogP contribution < -0.4 is 20.9 Å². The molecule has 0 fully saturated rings. The fourth-order valence-electron chi connectivity index (χ4n) is 3.25. The predicted octanol–water partition coefficient (Wildman–Crippen LogP) is 5.19. The first-order chi connectivity index (χ1) is 16.9. The molecule has 1 heterocycles. The third-order valence-corrected chi connectivity index (χ3v) is 4.99. The molecule has 0 unspecified atom stereocenters. The summed E-state index contributed by atoms with van der Waals surface area (Å²) in [6, 6.07) is 17.2. The first-order valence-electron chi connectivity index (χ1n) is 10.9. The van der Waals surface area contributed by atoms with E-state index < -0.39 is 17.2 Å². The fourth-order valence-corrected chi connectivity index (χ4v) is 3.25. The molecule has 0 bridgehead atoms. The standard InChI is InChI=1S/C26H22F2N4O3/c1-2-14-29-25(33)17-4-3-5-20(15-17)31-24-23(35-22-12-8-19(28)9-13-22)16-30-32(26(24)34)21-10-6-18(27)7-11-21/h3-13,15-16,31H,2,14H2,1H3,(H,29,33). The molecule has 4 rings (SSSR count). The molecule has 0 radical (unpaired) electrons. The van der Waals surface area contributed by atoms with E-state index in [2.05, 4.69) is 15.7 Å². The maximum absolute atomic E-state index is 13.4. The summed E-state index contributed by atoms with van der Waals surface area (Å²) in [5.74, 6) is -0.742. The van der Waals surface area contributed by atoms with Gasteiger partial charge in [0.25, 0.3) is 11.5 Å². The Hall–Kier alpha value is -4.53. The second kappa shape index (κ2) is 10.6. The number of rotatable bonds is 8. The van der Waals surface area contributed by atoms with E-state index in [4.69, 9.17) is 4.74 Å². The van der Waals surface area contributed by atoms with Crippen LogP contribution in [0.15, 0.2) is 83.8 Å². The molecule has 0 aliphatic heterocycles. The van der Waals surface area contributed by atoms with Gasteiger partial charge in [0.15, 0.2) is 11.4 Å². The van der Waals surface area contributed by atoms with Gasteiger partial charge in [0.1, 0.15) is 17.4 Å². The molecule has 0 atom stereocenters. The molecule has 1 amide bonds. The normalized spacial score (nSPS) is 10.6. The smallest absolute Gasteiger partial charge is 0.299 e. The quantitative estimate of drug-likeness (QED) is 0.366. The summed E-state index contributed by atoms with van der Waals surface area (Å²) in [6.45, 7) is 2.50. The number of carbonyl (C=O) groups excluding carboxylic acids is 1. The Balaban J connectivity index is 1.74. The number of benzene rings is 3. The topological polar surface area (TPSA) is 85.2 Å². The zero-order valence-electron chi connectivity index (χ0n) is 18.8. The maximum atomic E-state index is 13.4. The Labute approximate surface area is 200 Å². The molecule has 0 aliphatic rings. The number of hydrogen-bond donors (Lipinski definition) is 2. The van der Waals surface area contributed by atoms with Gasteiger partial charge in [-0.15, -0.1) is 0 Å². The lowest BCUT2D eigenvalue weighted by atomic mass is 10.2. The Kier molecular flexibility index (Phi) is 7.15. The van der Waals surface area contributed by atoms with Crippen molar-refractivity contribution in [1.29, 1.82) is 0 Å². The molecular formula is C26H22F2N4O3. The fraction of sp³-hybridized carbons (Fsp3) is 0.115. The first kappa shape index (κ1) is 23.6. The van der Waals surface area contributed by atoms with Crippen molar-refractivity contribution in [2.75, 3.05) is 11.9 Å². The van der Waals surface area contributed by atoms with Crippen LogP contribution in [-0.2, 0) is 0 Å².